The number of rotatable bonds is 1. The lowest BCUT2D eigenvalue weighted by Crippen LogP contribution is -2.43. The van der Waals surface area contributed by atoms with Crippen molar-refractivity contribution in [1.82, 2.24) is 9.88 Å². The molecule has 0 amide bonds. The van der Waals surface area contributed by atoms with Crippen molar-refractivity contribution in [2.75, 3.05) is 31.1 Å². The fraction of sp³-hybridized carbons (Fsp3) is 0.417. The Kier molecular flexibility index (Phi) is 2.91. The van der Waals surface area contributed by atoms with Gasteiger partial charge in [0.1, 0.15) is 0 Å². The van der Waals surface area contributed by atoms with Crippen molar-refractivity contribution in [3.63, 3.8) is 0 Å². The number of aromatic nitrogens is 1. The predicted molar refractivity (Wildman–Crippen MR) is 74.2 cm³/mol. The molecular formula is C12H14BrN3O2. The molecule has 2 aromatic rings. The van der Waals surface area contributed by atoms with Gasteiger partial charge in [-0.2, -0.15) is 0 Å². The van der Waals surface area contributed by atoms with Gasteiger partial charge in [-0.3, -0.25) is 4.57 Å². The van der Waals surface area contributed by atoms with Gasteiger partial charge in [-0.25, -0.2) is 4.79 Å². The van der Waals surface area contributed by atoms with E-state index in [1.54, 1.807) is 7.05 Å². The monoisotopic (exact) mass is 311 g/mol. The van der Waals surface area contributed by atoms with E-state index in [0.717, 1.165) is 41.9 Å². The molecule has 3 rings (SSSR count). The van der Waals surface area contributed by atoms with Gasteiger partial charge in [-0.05, 0) is 12.1 Å². The highest BCUT2D eigenvalue weighted by molar-refractivity contribution is 9.10. The molecule has 0 spiro atoms. The van der Waals surface area contributed by atoms with Crippen LogP contribution in [0.1, 0.15) is 0 Å². The largest absolute Gasteiger partial charge is 0.419 e. The molecule has 0 aliphatic carbocycles. The minimum atomic E-state index is -0.320. The van der Waals surface area contributed by atoms with Crippen molar-refractivity contribution >= 4 is 32.7 Å². The Hall–Kier alpha value is -1.27. The summed E-state index contributed by atoms with van der Waals surface area (Å²) in [5.41, 5.74) is 2.48. The zero-order valence-corrected chi connectivity index (χ0v) is 11.7. The summed E-state index contributed by atoms with van der Waals surface area (Å²) in [6, 6.07) is 3.92. The third-order valence-corrected chi connectivity index (χ3v) is 3.75. The van der Waals surface area contributed by atoms with E-state index < -0.39 is 0 Å². The van der Waals surface area contributed by atoms with Gasteiger partial charge in [0, 0.05) is 37.7 Å². The molecule has 1 aromatic heterocycles. The summed E-state index contributed by atoms with van der Waals surface area (Å²) in [6.45, 7) is 3.74. The Morgan fingerprint density at radius 1 is 1.33 bits per heavy atom. The van der Waals surface area contributed by atoms with Crippen LogP contribution in [0.15, 0.2) is 25.8 Å². The SMILES string of the molecule is Cn1c(=O)oc2c(N3CCNCC3)cc(Br)cc21. The molecule has 0 atom stereocenters. The Balaban J connectivity index is 2.21. The van der Waals surface area contributed by atoms with E-state index in [2.05, 4.69) is 26.1 Å². The molecular weight excluding hydrogens is 298 g/mol. The highest BCUT2D eigenvalue weighted by Crippen LogP contribution is 2.30. The van der Waals surface area contributed by atoms with Crippen LogP contribution >= 0.6 is 15.9 Å². The number of benzene rings is 1. The summed E-state index contributed by atoms with van der Waals surface area (Å²) in [4.78, 5) is 13.9. The Morgan fingerprint density at radius 3 is 2.78 bits per heavy atom. The molecule has 1 saturated heterocycles. The average Bonchev–Trinajstić information content (AvgIpc) is 2.66. The molecule has 2 heterocycles. The smallest absolute Gasteiger partial charge is 0.405 e. The maximum atomic E-state index is 11.6. The first-order valence-electron chi connectivity index (χ1n) is 5.91. The fourth-order valence-corrected chi connectivity index (χ4v) is 2.75. The summed E-state index contributed by atoms with van der Waals surface area (Å²) < 4.78 is 7.85. The number of fused-ring (bicyclic) bond motifs is 1. The molecule has 1 aliphatic rings. The van der Waals surface area contributed by atoms with Crippen LogP contribution in [0.5, 0.6) is 0 Å². The van der Waals surface area contributed by atoms with E-state index in [-0.39, 0.29) is 5.76 Å². The fourth-order valence-electron chi connectivity index (χ4n) is 2.31. The van der Waals surface area contributed by atoms with E-state index in [1.807, 2.05) is 12.1 Å². The number of anilines is 1. The first-order chi connectivity index (χ1) is 8.66. The van der Waals surface area contributed by atoms with Crippen LogP contribution in [-0.2, 0) is 7.05 Å². The lowest BCUT2D eigenvalue weighted by molar-refractivity contribution is 0.524. The number of nitrogens with one attached hydrogen (secondary N) is 1. The van der Waals surface area contributed by atoms with Crippen LogP contribution in [0.4, 0.5) is 5.69 Å². The van der Waals surface area contributed by atoms with Gasteiger partial charge in [-0.15, -0.1) is 0 Å². The quantitative estimate of drug-likeness (QED) is 0.862. The molecule has 1 aromatic carbocycles. The molecule has 1 aliphatic heterocycles. The molecule has 0 radical (unpaired) electrons. The maximum absolute atomic E-state index is 11.6. The lowest BCUT2D eigenvalue weighted by Gasteiger charge is -2.29. The molecule has 0 unspecified atom stereocenters. The van der Waals surface area contributed by atoms with Gasteiger partial charge in [0.2, 0.25) is 0 Å². The van der Waals surface area contributed by atoms with Gasteiger partial charge in [0.05, 0.1) is 11.2 Å². The van der Waals surface area contributed by atoms with Crippen LogP contribution in [0.3, 0.4) is 0 Å². The molecule has 0 bridgehead atoms. The van der Waals surface area contributed by atoms with Crippen LogP contribution in [0, 0.1) is 0 Å². The molecule has 6 heteroatoms. The highest BCUT2D eigenvalue weighted by Gasteiger charge is 2.18. The maximum Gasteiger partial charge on any atom is 0.419 e. The zero-order chi connectivity index (χ0) is 12.7. The van der Waals surface area contributed by atoms with Gasteiger partial charge in [0.25, 0.3) is 0 Å². The molecule has 0 saturated carbocycles. The first-order valence-corrected chi connectivity index (χ1v) is 6.71. The third-order valence-electron chi connectivity index (χ3n) is 3.30. The van der Waals surface area contributed by atoms with Crippen molar-refractivity contribution in [3.05, 3.63) is 27.2 Å². The number of nitrogens with zero attached hydrogens (tertiary/aromatic N) is 2. The molecule has 5 nitrogen and oxygen atoms in total. The van der Waals surface area contributed by atoms with Crippen LogP contribution in [0.25, 0.3) is 11.1 Å². The summed E-state index contributed by atoms with van der Waals surface area (Å²) in [7, 11) is 1.72. The van der Waals surface area contributed by atoms with Gasteiger partial charge >= 0.3 is 5.76 Å². The molecule has 1 fully saturated rings. The minimum Gasteiger partial charge on any atom is -0.405 e. The normalized spacial score (nSPS) is 16.4. The van der Waals surface area contributed by atoms with E-state index in [1.165, 1.54) is 4.57 Å². The standard InChI is InChI=1S/C12H14BrN3O2/c1-15-9-6-8(13)7-10(11(9)18-12(15)17)16-4-2-14-3-5-16/h6-7,14H,2-5H2,1H3. The van der Waals surface area contributed by atoms with Crippen molar-refractivity contribution in [3.8, 4) is 0 Å². The highest BCUT2D eigenvalue weighted by atomic mass is 79.9. The number of oxazole rings is 1. The molecule has 96 valence electrons. The minimum absolute atomic E-state index is 0.320. The second-order valence-corrected chi connectivity index (χ2v) is 5.35. The number of piperazine rings is 1. The van der Waals surface area contributed by atoms with Crippen molar-refractivity contribution in [2.45, 2.75) is 0 Å². The van der Waals surface area contributed by atoms with Crippen LogP contribution in [-0.4, -0.2) is 30.7 Å². The van der Waals surface area contributed by atoms with E-state index in [0.29, 0.717) is 5.58 Å². The summed E-state index contributed by atoms with van der Waals surface area (Å²) in [5.74, 6) is -0.320. The van der Waals surface area contributed by atoms with Crippen molar-refractivity contribution in [2.24, 2.45) is 7.05 Å². The molecule has 1 N–H and O–H groups in total. The van der Waals surface area contributed by atoms with E-state index in [4.69, 9.17) is 4.42 Å². The van der Waals surface area contributed by atoms with Crippen molar-refractivity contribution in [1.29, 1.82) is 0 Å². The first kappa shape index (κ1) is 11.8. The van der Waals surface area contributed by atoms with E-state index >= 15 is 0 Å². The number of aryl methyl sites for hydroxylation is 1. The lowest BCUT2D eigenvalue weighted by atomic mass is 10.2. The van der Waals surface area contributed by atoms with Crippen LogP contribution in [0.2, 0.25) is 0 Å². The Labute approximate surface area is 112 Å². The predicted octanol–water partition coefficient (Wildman–Crippen LogP) is 1.30. The number of hydrogen-bond acceptors (Lipinski definition) is 4. The number of hydrogen-bond donors (Lipinski definition) is 1. The second-order valence-electron chi connectivity index (χ2n) is 4.44. The Bertz CT molecular complexity index is 641. The van der Waals surface area contributed by atoms with Crippen molar-refractivity contribution < 1.29 is 4.42 Å². The third kappa shape index (κ3) is 1.85. The van der Waals surface area contributed by atoms with Gasteiger partial charge in [0.15, 0.2) is 5.58 Å². The second kappa shape index (κ2) is 4.44. The average molecular weight is 312 g/mol. The Morgan fingerprint density at radius 2 is 2.06 bits per heavy atom. The summed E-state index contributed by atoms with van der Waals surface area (Å²) in [6.07, 6.45) is 0. The summed E-state index contributed by atoms with van der Waals surface area (Å²) >= 11 is 3.49. The number of halogens is 1. The van der Waals surface area contributed by atoms with Gasteiger partial charge in [-0.1, -0.05) is 15.9 Å². The van der Waals surface area contributed by atoms with Crippen LogP contribution < -0.4 is 16.0 Å². The summed E-state index contributed by atoms with van der Waals surface area (Å²) in [5, 5.41) is 3.31. The molecule has 18 heavy (non-hydrogen) atoms. The topological polar surface area (TPSA) is 50.4 Å². The van der Waals surface area contributed by atoms with E-state index in [9.17, 15) is 4.79 Å². The van der Waals surface area contributed by atoms with Gasteiger partial charge < -0.3 is 14.6 Å². The zero-order valence-electron chi connectivity index (χ0n) is 10.1.